The third kappa shape index (κ3) is 3.53. The van der Waals surface area contributed by atoms with Gasteiger partial charge < -0.3 is 10.0 Å². The molecule has 2 atom stereocenters. The van der Waals surface area contributed by atoms with E-state index < -0.39 is 0 Å². The summed E-state index contributed by atoms with van der Waals surface area (Å²) < 4.78 is 12.8. The van der Waals surface area contributed by atoms with Crippen LogP contribution in [0.4, 0.5) is 4.39 Å². The normalized spacial score (nSPS) is 25.3. The molecule has 1 aromatic carbocycles. The van der Waals surface area contributed by atoms with Crippen molar-refractivity contribution in [3.8, 4) is 0 Å². The smallest absolute Gasteiger partial charge is 0.123 e. The molecule has 1 aliphatic rings. The van der Waals surface area contributed by atoms with Gasteiger partial charge in [-0.3, -0.25) is 0 Å². The van der Waals surface area contributed by atoms with Gasteiger partial charge in [0.15, 0.2) is 0 Å². The second-order valence-electron chi connectivity index (χ2n) is 5.39. The maximum Gasteiger partial charge on any atom is 0.123 e. The molecule has 0 amide bonds. The van der Waals surface area contributed by atoms with Crippen LogP contribution in [0.5, 0.6) is 0 Å². The lowest BCUT2D eigenvalue weighted by Gasteiger charge is -2.36. The van der Waals surface area contributed by atoms with Crippen LogP contribution in [0, 0.1) is 17.7 Å². The minimum Gasteiger partial charge on any atom is -0.396 e. The average Bonchev–Trinajstić information content (AvgIpc) is 2.39. The Morgan fingerprint density at radius 3 is 2.72 bits per heavy atom. The largest absolute Gasteiger partial charge is 0.396 e. The highest BCUT2D eigenvalue weighted by atomic mass is 19.1. The summed E-state index contributed by atoms with van der Waals surface area (Å²) in [6.45, 7) is 5.60. The Morgan fingerprint density at radius 2 is 2.06 bits per heavy atom. The standard InChI is InChI=1S/C15H22FNO/c1-12-6-8-17(10-14(12)11-18)9-7-13-2-4-15(16)5-3-13/h2-5,12,14,18H,6-11H2,1H3/t12-,14-/m0/s1. The second kappa shape index (κ2) is 6.30. The van der Waals surface area contributed by atoms with Gasteiger partial charge in [0.1, 0.15) is 5.82 Å². The molecular formula is C15H22FNO. The quantitative estimate of drug-likeness (QED) is 0.887. The van der Waals surface area contributed by atoms with Crippen molar-refractivity contribution in [1.82, 2.24) is 4.90 Å². The number of likely N-dealkylation sites (tertiary alicyclic amines) is 1. The summed E-state index contributed by atoms with van der Waals surface area (Å²) >= 11 is 0. The van der Waals surface area contributed by atoms with Crippen molar-refractivity contribution in [2.24, 2.45) is 11.8 Å². The van der Waals surface area contributed by atoms with Crippen molar-refractivity contribution in [2.75, 3.05) is 26.2 Å². The van der Waals surface area contributed by atoms with E-state index in [4.69, 9.17) is 0 Å². The molecule has 1 heterocycles. The van der Waals surface area contributed by atoms with Crippen LogP contribution < -0.4 is 0 Å². The third-order valence-electron chi connectivity index (χ3n) is 4.06. The van der Waals surface area contributed by atoms with Gasteiger partial charge >= 0.3 is 0 Å². The SMILES string of the molecule is C[C@H]1CCN(CCc2ccc(F)cc2)C[C@H]1CO. The number of hydrogen-bond donors (Lipinski definition) is 1. The van der Waals surface area contributed by atoms with Gasteiger partial charge in [0.2, 0.25) is 0 Å². The van der Waals surface area contributed by atoms with E-state index in [2.05, 4.69) is 11.8 Å². The van der Waals surface area contributed by atoms with Gasteiger partial charge in [-0.1, -0.05) is 19.1 Å². The molecule has 1 aromatic rings. The molecule has 0 aromatic heterocycles. The first kappa shape index (κ1) is 13.5. The summed E-state index contributed by atoms with van der Waals surface area (Å²) in [6.07, 6.45) is 2.11. The van der Waals surface area contributed by atoms with Crippen molar-refractivity contribution in [1.29, 1.82) is 0 Å². The Labute approximate surface area is 108 Å². The summed E-state index contributed by atoms with van der Waals surface area (Å²) in [5.74, 6) is 0.856. The molecule has 1 fully saturated rings. The highest BCUT2D eigenvalue weighted by molar-refractivity contribution is 5.16. The molecule has 0 aliphatic carbocycles. The monoisotopic (exact) mass is 251 g/mol. The number of halogens is 1. The number of hydrogen-bond acceptors (Lipinski definition) is 2. The molecule has 0 spiro atoms. The Balaban J connectivity index is 1.81. The molecule has 0 saturated carbocycles. The molecule has 1 N–H and O–H groups in total. The van der Waals surface area contributed by atoms with Gasteiger partial charge in [0, 0.05) is 19.7 Å². The average molecular weight is 251 g/mol. The zero-order valence-electron chi connectivity index (χ0n) is 11.0. The molecule has 0 bridgehead atoms. The van der Waals surface area contributed by atoms with Crippen LogP contribution in [0.15, 0.2) is 24.3 Å². The lowest BCUT2D eigenvalue weighted by molar-refractivity contribution is 0.0808. The highest BCUT2D eigenvalue weighted by Crippen LogP contribution is 2.22. The maximum atomic E-state index is 12.8. The van der Waals surface area contributed by atoms with E-state index in [9.17, 15) is 9.50 Å². The van der Waals surface area contributed by atoms with Gasteiger partial charge in [0.05, 0.1) is 0 Å². The third-order valence-corrected chi connectivity index (χ3v) is 4.06. The highest BCUT2D eigenvalue weighted by Gasteiger charge is 2.24. The first-order chi connectivity index (χ1) is 8.69. The van der Waals surface area contributed by atoms with Gasteiger partial charge in [-0.25, -0.2) is 4.39 Å². The fraction of sp³-hybridized carbons (Fsp3) is 0.600. The summed E-state index contributed by atoms with van der Waals surface area (Å²) in [7, 11) is 0. The van der Waals surface area contributed by atoms with Crippen LogP contribution >= 0.6 is 0 Å². The van der Waals surface area contributed by atoms with E-state index in [1.54, 1.807) is 0 Å². The minimum atomic E-state index is -0.175. The van der Waals surface area contributed by atoms with Gasteiger partial charge in [-0.15, -0.1) is 0 Å². The van der Waals surface area contributed by atoms with Crippen LogP contribution in [0.25, 0.3) is 0 Å². The van der Waals surface area contributed by atoms with E-state index >= 15 is 0 Å². The summed E-state index contributed by atoms with van der Waals surface area (Å²) in [4.78, 5) is 2.41. The van der Waals surface area contributed by atoms with Crippen LogP contribution in [0.1, 0.15) is 18.9 Å². The van der Waals surface area contributed by atoms with E-state index in [0.29, 0.717) is 11.8 Å². The summed E-state index contributed by atoms with van der Waals surface area (Å²) in [5.41, 5.74) is 1.18. The predicted octanol–water partition coefficient (Wildman–Crippen LogP) is 2.32. The number of nitrogens with zero attached hydrogens (tertiary/aromatic N) is 1. The van der Waals surface area contributed by atoms with Gasteiger partial charge in [-0.05, 0) is 48.9 Å². The van der Waals surface area contributed by atoms with Crippen molar-refractivity contribution in [3.05, 3.63) is 35.6 Å². The molecule has 1 aliphatic heterocycles. The van der Waals surface area contributed by atoms with E-state index in [1.807, 2.05) is 12.1 Å². The first-order valence-electron chi connectivity index (χ1n) is 6.76. The fourth-order valence-electron chi connectivity index (χ4n) is 2.60. The Kier molecular flexibility index (Phi) is 4.72. The van der Waals surface area contributed by atoms with Crippen LogP contribution in [0.2, 0.25) is 0 Å². The van der Waals surface area contributed by atoms with Crippen LogP contribution in [-0.4, -0.2) is 36.2 Å². The van der Waals surface area contributed by atoms with E-state index in [1.165, 1.54) is 17.7 Å². The number of piperidine rings is 1. The number of aliphatic hydroxyl groups excluding tert-OH is 1. The summed E-state index contributed by atoms with van der Waals surface area (Å²) in [6, 6.07) is 6.74. The fourth-order valence-corrected chi connectivity index (χ4v) is 2.60. The molecule has 0 unspecified atom stereocenters. The molecule has 18 heavy (non-hydrogen) atoms. The topological polar surface area (TPSA) is 23.5 Å². The second-order valence-corrected chi connectivity index (χ2v) is 5.39. The van der Waals surface area contributed by atoms with Crippen LogP contribution in [-0.2, 0) is 6.42 Å². The van der Waals surface area contributed by atoms with Gasteiger partial charge in [0.25, 0.3) is 0 Å². The van der Waals surface area contributed by atoms with Crippen molar-refractivity contribution in [3.63, 3.8) is 0 Å². The van der Waals surface area contributed by atoms with E-state index in [-0.39, 0.29) is 12.4 Å². The van der Waals surface area contributed by atoms with Crippen LogP contribution in [0.3, 0.4) is 0 Å². The Bertz CT molecular complexity index is 365. The zero-order chi connectivity index (χ0) is 13.0. The molecule has 0 radical (unpaired) electrons. The molecular weight excluding hydrogens is 229 g/mol. The van der Waals surface area contributed by atoms with E-state index in [0.717, 1.165) is 32.5 Å². The Morgan fingerprint density at radius 1 is 1.33 bits per heavy atom. The zero-order valence-corrected chi connectivity index (χ0v) is 11.0. The van der Waals surface area contributed by atoms with Crippen molar-refractivity contribution >= 4 is 0 Å². The minimum absolute atomic E-state index is 0.175. The van der Waals surface area contributed by atoms with Crippen molar-refractivity contribution in [2.45, 2.75) is 19.8 Å². The van der Waals surface area contributed by atoms with Gasteiger partial charge in [-0.2, -0.15) is 0 Å². The molecule has 100 valence electrons. The summed E-state index contributed by atoms with van der Waals surface area (Å²) in [5, 5.41) is 9.33. The van der Waals surface area contributed by atoms with Crippen molar-refractivity contribution < 1.29 is 9.50 Å². The lowest BCUT2D eigenvalue weighted by Crippen LogP contribution is -2.41. The molecule has 1 saturated heterocycles. The Hall–Kier alpha value is -0.930. The maximum absolute atomic E-state index is 12.8. The molecule has 2 rings (SSSR count). The molecule has 2 nitrogen and oxygen atoms in total. The number of rotatable bonds is 4. The molecule has 3 heteroatoms. The first-order valence-corrected chi connectivity index (χ1v) is 6.76. The number of aliphatic hydroxyl groups is 1. The lowest BCUT2D eigenvalue weighted by atomic mass is 9.87. The number of benzene rings is 1. The predicted molar refractivity (Wildman–Crippen MR) is 70.9 cm³/mol.